The van der Waals surface area contributed by atoms with Crippen molar-refractivity contribution < 1.29 is 14.7 Å². The van der Waals surface area contributed by atoms with E-state index >= 15 is 0 Å². The van der Waals surface area contributed by atoms with Gasteiger partial charge < -0.3 is 10.4 Å². The van der Waals surface area contributed by atoms with Crippen LogP contribution < -0.4 is 5.32 Å². The van der Waals surface area contributed by atoms with Gasteiger partial charge in [0.1, 0.15) is 0 Å². The maximum absolute atomic E-state index is 11.9. The molecule has 0 bridgehead atoms. The van der Waals surface area contributed by atoms with Crippen molar-refractivity contribution >= 4 is 63.1 Å². The minimum atomic E-state index is -1.16. The van der Waals surface area contributed by atoms with Gasteiger partial charge in [-0.15, -0.1) is 11.3 Å². The molecule has 0 aliphatic heterocycles. The number of thiazole rings is 1. The number of benzene rings is 1. The largest absolute Gasteiger partial charge is 0.476 e. The van der Waals surface area contributed by atoms with Crippen LogP contribution in [0.25, 0.3) is 0 Å². The molecule has 0 aliphatic rings. The quantitative estimate of drug-likeness (QED) is 0.764. The van der Waals surface area contributed by atoms with E-state index in [1.54, 1.807) is 18.2 Å². The van der Waals surface area contributed by atoms with E-state index in [1.165, 1.54) is 5.38 Å². The summed E-state index contributed by atoms with van der Waals surface area (Å²) in [4.78, 5) is 26.3. The third-order valence-corrected chi connectivity index (χ3v) is 4.07. The molecule has 1 aromatic carbocycles. The number of halogens is 2. The molecule has 0 unspecified atom stereocenters. The SMILES string of the molecule is O=C(O)c1csc(C(=O)Nc2ccc(Cl)cc2I)n1. The Morgan fingerprint density at radius 1 is 1.42 bits per heavy atom. The zero-order valence-corrected chi connectivity index (χ0v) is 12.9. The van der Waals surface area contributed by atoms with Crippen LogP contribution in [0.15, 0.2) is 23.6 Å². The molecule has 0 aliphatic carbocycles. The third kappa shape index (κ3) is 3.43. The summed E-state index contributed by atoms with van der Waals surface area (Å²) in [6, 6.07) is 5.04. The summed E-state index contributed by atoms with van der Waals surface area (Å²) in [7, 11) is 0. The highest BCUT2D eigenvalue weighted by Crippen LogP contribution is 2.23. The summed E-state index contributed by atoms with van der Waals surface area (Å²) in [5.74, 6) is -1.60. The second-order valence-electron chi connectivity index (χ2n) is 3.42. The lowest BCUT2D eigenvalue weighted by molar-refractivity contribution is 0.0691. The Bertz CT molecular complexity index is 659. The molecule has 98 valence electrons. The highest BCUT2D eigenvalue weighted by molar-refractivity contribution is 14.1. The van der Waals surface area contributed by atoms with E-state index < -0.39 is 11.9 Å². The van der Waals surface area contributed by atoms with Crippen molar-refractivity contribution in [3.05, 3.63) is 42.9 Å². The van der Waals surface area contributed by atoms with Crippen LogP contribution in [0.2, 0.25) is 5.02 Å². The fourth-order valence-electron chi connectivity index (χ4n) is 1.24. The van der Waals surface area contributed by atoms with Crippen molar-refractivity contribution in [3.8, 4) is 0 Å². The number of hydrogen-bond acceptors (Lipinski definition) is 4. The van der Waals surface area contributed by atoms with E-state index in [2.05, 4.69) is 10.3 Å². The van der Waals surface area contributed by atoms with Crippen molar-refractivity contribution in [3.63, 3.8) is 0 Å². The summed E-state index contributed by atoms with van der Waals surface area (Å²) < 4.78 is 0.786. The number of amides is 1. The number of nitrogens with one attached hydrogen (secondary N) is 1. The number of aromatic nitrogens is 1. The predicted molar refractivity (Wildman–Crippen MR) is 81.2 cm³/mol. The molecule has 0 radical (unpaired) electrons. The van der Waals surface area contributed by atoms with E-state index in [0.717, 1.165) is 14.9 Å². The molecular formula is C11H6ClIN2O3S. The van der Waals surface area contributed by atoms with Crippen molar-refractivity contribution in [2.24, 2.45) is 0 Å². The molecule has 0 saturated carbocycles. The van der Waals surface area contributed by atoms with Gasteiger partial charge >= 0.3 is 5.97 Å². The lowest BCUT2D eigenvalue weighted by Crippen LogP contribution is -2.13. The normalized spacial score (nSPS) is 10.2. The Labute approximate surface area is 130 Å². The van der Waals surface area contributed by atoms with Gasteiger partial charge in [-0.3, -0.25) is 4.79 Å². The molecule has 5 nitrogen and oxygen atoms in total. The van der Waals surface area contributed by atoms with Gasteiger partial charge in [0.25, 0.3) is 5.91 Å². The van der Waals surface area contributed by atoms with Crippen molar-refractivity contribution in [2.45, 2.75) is 0 Å². The van der Waals surface area contributed by atoms with E-state index in [0.29, 0.717) is 10.7 Å². The number of carbonyl (C=O) groups excluding carboxylic acids is 1. The van der Waals surface area contributed by atoms with Crippen LogP contribution in [0, 0.1) is 3.57 Å². The number of aromatic carboxylic acids is 1. The van der Waals surface area contributed by atoms with Crippen LogP contribution in [-0.2, 0) is 0 Å². The van der Waals surface area contributed by atoms with Crippen LogP contribution in [0.3, 0.4) is 0 Å². The second kappa shape index (κ2) is 5.85. The number of nitrogens with zero attached hydrogens (tertiary/aromatic N) is 1. The number of carbonyl (C=O) groups is 2. The molecule has 2 rings (SSSR count). The number of anilines is 1. The van der Waals surface area contributed by atoms with Crippen LogP contribution >= 0.6 is 45.5 Å². The molecule has 1 amide bonds. The standard InChI is InChI=1S/C11H6ClIN2O3S/c12-5-1-2-7(6(13)3-5)14-9(16)10-15-8(4-19-10)11(17)18/h1-4H,(H,14,16)(H,17,18). The van der Waals surface area contributed by atoms with Gasteiger partial charge in [-0.2, -0.15) is 0 Å². The molecular weight excluding hydrogens is 403 g/mol. The molecule has 8 heteroatoms. The number of hydrogen-bond donors (Lipinski definition) is 2. The molecule has 0 saturated heterocycles. The summed E-state index contributed by atoms with van der Waals surface area (Å²) in [6.45, 7) is 0. The highest BCUT2D eigenvalue weighted by Gasteiger charge is 2.15. The van der Waals surface area contributed by atoms with Crippen LogP contribution in [0.1, 0.15) is 20.3 Å². The lowest BCUT2D eigenvalue weighted by Gasteiger charge is -2.05. The van der Waals surface area contributed by atoms with E-state index in [4.69, 9.17) is 16.7 Å². The topological polar surface area (TPSA) is 79.3 Å². The van der Waals surface area contributed by atoms with Crippen molar-refractivity contribution in [1.29, 1.82) is 0 Å². The maximum Gasteiger partial charge on any atom is 0.355 e. The molecule has 0 spiro atoms. The van der Waals surface area contributed by atoms with E-state index in [1.807, 2.05) is 22.6 Å². The first-order chi connectivity index (χ1) is 8.97. The fraction of sp³-hybridized carbons (Fsp3) is 0. The molecule has 1 heterocycles. The van der Waals surface area contributed by atoms with Gasteiger partial charge in [0.05, 0.1) is 5.69 Å². The van der Waals surface area contributed by atoms with Gasteiger partial charge in [0.15, 0.2) is 10.7 Å². The van der Waals surface area contributed by atoms with E-state index in [-0.39, 0.29) is 10.7 Å². The third-order valence-electron chi connectivity index (χ3n) is 2.10. The summed E-state index contributed by atoms with van der Waals surface area (Å²) in [5.41, 5.74) is 0.461. The van der Waals surface area contributed by atoms with Gasteiger partial charge in [0.2, 0.25) is 0 Å². The number of carboxylic acid groups (broad SMARTS) is 1. The first-order valence-corrected chi connectivity index (χ1v) is 7.26. The fourth-order valence-corrected chi connectivity index (χ4v) is 2.94. The maximum atomic E-state index is 11.9. The zero-order valence-electron chi connectivity index (χ0n) is 9.18. The molecule has 19 heavy (non-hydrogen) atoms. The Balaban J connectivity index is 2.18. The summed E-state index contributed by atoms with van der Waals surface area (Å²) >= 11 is 8.84. The highest BCUT2D eigenvalue weighted by atomic mass is 127. The Morgan fingerprint density at radius 2 is 2.16 bits per heavy atom. The Morgan fingerprint density at radius 3 is 2.74 bits per heavy atom. The average Bonchev–Trinajstić information content (AvgIpc) is 2.82. The molecule has 1 aromatic heterocycles. The molecule has 2 N–H and O–H groups in total. The summed E-state index contributed by atoms with van der Waals surface area (Å²) in [5, 5.41) is 13.4. The smallest absolute Gasteiger partial charge is 0.355 e. The van der Waals surface area contributed by atoms with Gasteiger partial charge in [-0.05, 0) is 40.8 Å². The Hall–Kier alpha value is -1.19. The number of carboxylic acids is 1. The van der Waals surface area contributed by atoms with Crippen LogP contribution in [0.5, 0.6) is 0 Å². The van der Waals surface area contributed by atoms with Crippen molar-refractivity contribution in [1.82, 2.24) is 4.98 Å². The van der Waals surface area contributed by atoms with Gasteiger partial charge in [-0.25, -0.2) is 9.78 Å². The monoisotopic (exact) mass is 408 g/mol. The van der Waals surface area contributed by atoms with Gasteiger partial charge in [-0.1, -0.05) is 11.6 Å². The zero-order chi connectivity index (χ0) is 14.0. The first kappa shape index (κ1) is 14.2. The van der Waals surface area contributed by atoms with Crippen LogP contribution in [-0.4, -0.2) is 22.0 Å². The lowest BCUT2D eigenvalue weighted by atomic mass is 10.3. The summed E-state index contributed by atoms with van der Waals surface area (Å²) in [6.07, 6.45) is 0. The average molecular weight is 409 g/mol. The first-order valence-electron chi connectivity index (χ1n) is 4.92. The van der Waals surface area contributed by atoms with Crippen LogP contribution in [0.4, 0.5) is 5.69 Å². The van der Waals surface area contributed by atoms with Gasteiger partial charge in [0, 0.05) is 14.0 Å². The number of rotatable bonds is 3. The molecule has 2 aromatic rings. The Kier molecular flexibility index (Phi) is 4.38. The predicted octanol–water partition coefficient (Wildman–Crippen LogP) is 3.35. The molecule has 0 atom stereocenters. The second-order valence-corrected chi connectivity index (χ2v) is 5.88. The van der Waals surface area contributed by atoms with Crippen molar-refractivity contribution in [2.75, 3.05) is 5.32 Å². The minimum Gasteiger partial charge on any atom is -0.476 e. The molecule has 0 fully saturated rings. The minimum absolute atomic E-state index is 0.100. The van der Waals surface area contributed by atoms with E-state index in [9.17, 15) is 9.59 Å².